The number of aromatic nitrogens is 5. The zero-order chi connectivity index (χ0) is 19.2. The smallest absolute Gasteiger partial charge is 0.320 e. The van der Waals surface area contributed by atoms with Crippen molar-refractivity contribution in [3.63, 3.8) is 0 Å². The van der Waals surface area contributed by atoms with E-state index >= 15 is 0 Å². The Morgan fingerprint density at radius 1 is 1.19 bits per heavy atom. The number of alkyl halides is 3. The van der Waals surface area contributed by atoms with Crippen LogP contribution in [0.2, 0.25) is 0 Å². The predicted molar refractivity (Wildman–Crippen MR) is 83.6 cm³/mol. The number of hydrogen-bond donors (Lipinski definition) is 0. The van der Waals surface area contributed by atoms with Gasteiger partial charge in [-0.05, 0) is 12.5 Å². The van der Waals surface area contributed by atoms with Gasteiger partial charge in [0.05, 0.1) is 11.0 Å². The molecule has 7 nitrogen and oxygen atoms in total. The summed E-state index contributed by atoms with van der Waals surface area (Å²) in [6.07, 6.45) is -3.51. The van der Waals surface area contributed by atoms with Crippen LogP contribution in [0, 0.1) is 5.82 Å². The molecule has 0 aliphatic heterocycles. The van der Waals surface area contributed by atoms with Crippen LogP contribution in [0.4, 0.5) is 17.6 Å². The van der Waals surface area contributed by atoms with E-state index in [0.29, 0.717) is 15.7 Å². The molecule has 0 saturated carbocycles. The third kappa shape index (κ3) is 2.78. The minimum Gasteiger partial charge on any atom is -0.320 e. The third-order valence-electron chi connectivity index (χ3n) is 3.83. The number of nitrogens with zero attached hydrogens (tertiary/aromatic N) is 5. The highest BCUT2D eigenvalue weighted by Gasteiger charge is 2.37. The third-order valence-corrected chi connectivity index (χ3v) is 3.83. The summed E-state index contributed by atoms with van der Waals surface area (Å²) in [6.45, 7) is 1.70. The molecule has 0 spiro atoms. The van der Waals surface area contributed by atoms with E-state index in [-0.39, 0.29) is 23.3 Å². The molecule has 11 heteroatoms. The molecule has 0 aliphatic carbocycles. The monoisotopic (exact) mass is 371 g/mol. The van der Waals surface area contributed by atoms with Crippen LogP contribution in [0.3, 0.4) is 0 Å². The number of fused-ring (bicyclic) bond motifs is 1. The molecule has 0 unspecified atom stereocenters. The molecule has 3 aromatic rings. The van der Waals surface area contributed by atoms with Gasteiger partial charge in [0.15, 0.2) is 5.82 Å². The molecule has 1 aromatic carbocycles. The SMILES string of the molecule is CCCn1c(C(F)(F)F)nc2cc(F)c(-n3ncc(=O)n(C)c3=O)cc21. The van der Waals surface area contributed by atoms with Crippen LogP contribution in [0.15, 0.2) is 27.9 Å². The van der Waals surface area contributed by atoms with Crippen molar-refractivity contribution < 1.29 is 17.6 Å². The van der Waals surface area contributed by atoms with Gasteiger partial charge < -0.3 is 4.57 Å². The van der Waals surface area contributed by atoms with Crippen LogP contribution < -0.4 is 11.2 Å². The van der Waals surface area contributed by atoms with Gasteiger partial charge in [0, 0.05) is 19.7 Å². The minimum absolute atomic E-state index is 0.00597. The summed E-state index contributed by atoms with van der Waals surface area (Å²) in [6, 6.07) is 1.88. The molecule has 138 valence electrons. The zero-order valence-corrected chi connectivity index (χ0v) is 13.7. The maximum atomic E-state index is 14.4. The molecule has 2 heterocycles. The second-order valence-corrected chi connectivity index (χ2v) is 5.61. The topological polar surface area (TPSA) is 74.7 Å². The summed E-state index contributed by atoms with van der Waals surface area (Å²) in [5, 5.41) is 3.59. The number of imidazole rings is 1. The Morgan fingerprint density at radius 2 is 1.88 bits per heavy atom. The van der Waals surface area contributed by atoms with E-state index in [4.69, 9.17) is 0 Å². The van der Waals surface area contributed by atoms with Gasteiger partial charge in [0.25, 0.3) is 5.56 Å². The van der Waals surface area contributed by atoms with Crippen molar-refractivity contribution in [1.82, 2.24) is 23.9 Å². The van der Waals surface area contributed by atoms with Crippen LogP contribution in [0.25, 0.3) is 16.7 Å². The standard InChI is InChI=1S/C15H13F4N5O2/c1-3-4-23-11-6-10(24-14(26)22(2)12(25)7-20-24)8(16)5-9(11)21-13(23)15(17,18)19/h5-7H,3-4H2,1-2H3. The van der Waals surface area contributed by atoms with Crippen molar-refractivity contribution >= 4 is 11.0 Å². The molecular weight excluding hydrogens is 358 g/mol. The lowest BCUT2D eigenvalue weighted by molar-refractivity contribution is -0.146. The summed E-state index contributed by atoms with van der Waals surface area (Å²) in [4.78, 5) is 27.1. The van der Waals surface area contributed by atoms with E-state index in [1.165, 1.54) is 7.05 Å². The average Bonchev–Trinajstić information content (AvgIpc) is 2.91. The normalized spacial score (nSPS) is 12.1. The van der Waals surface area contributed by atoms with Crippen molar-refractivity contribution in [2.75, 3.05) is 0 Å². The average molecular weight is 371 g/mol. The zero-order valence-electron chi connectivity index (χ0n) is 13.7. The first-order chi connectivity index (χ1) is 12.1. The van der Waals surface area contributed by atoms with Crippen LogP contribution in [0.1, 0.15) is 19.2 Å². The van der Waals surface area contributed by atoms with Gasteiger partial charge in [-0.3, -0.25) is 9.36 Å². The van der Waals surface area contributed by atoms with Gasteiger partial charge in [-0.1, -0.05) is 6.92 Å². The molecule has 3 rings (SSSR count). The largest absolute Gasteiger partial charge is 0.449 e. The highest BCUT2D eigenvalue weighted by molar-refractivity contribution is 5.79. The highest BCUT2D eigenvalue weighted by Crippen LogP contribution is 2.32. The van der Waals surface area contributed by atoms with Crippen molar-refractivity contribution in [2.24, 2.45) is 7.05 Å². The van der Waals surface area contributed by atoms with Crippen molar-refractivity contribution in [3.05, 3.63) is 50.8 Å². The lowest BCUT2D eigenvalue weighted by Crippen LogP contribution is -2.38. The summed E-state index contributed by atoms with van der Waals surface area (Å²) in [5.41, 5.74) is -2.16. The Bertz CT molecular complexity index is 1110. The number of halogens is 4. The number of rotatable bonds is 3. The first-order valence-electron chi connectivity index (χ1n) is 7.58. The van der Waals surface area contributed by atoms with E-state index in [9.17, 15) is 27.2 Å². The second kappa shape index (κ2) is 6.07. The Morgan fingerprint density at radius 3 is 2.50 bits per heavy atom. The molecule has 0 saturated heterocycles. The van der Waals surface area contributed by atoms with E-state index < -0.39 is 29.1 Å². The number of aryl methyl sites for hydroxylation is 1. The van der Waals surface area contributed by atoms with E-state index in [1.807, 2.05) is 0 Å². The molecule has 0 radical (unpaired) electrons. The summed E-state index contributed by atoms with van der Waals surface area (Å²) >= 11 is 0. The van der Waals surface area contributed by atoms with Gasteiger partial charge in [0.2, 0.25) is 5.82 Å². The van der Waals surface area contributed by atoms with Crippen LogP contribution >= 0.6 is 0 Å². The fraction of sp³-hybridized carbons (Fsp3) is 0.333. The summed E-state index contributed by atoms with van der Waals surface area (Å²) < 4.78 is 56.3. The lowest BCUT2D eigenvalue weighted by Gasteiger charge is -2.11. The maximum absolute atomic E-state index is 14.4. The van der Waals surface area contributed by atoms with Crippen molar-refractivity contribution in [1.29, 1.82) is 0 Å². The number of hydrogen-bond acceptors (Lipinski definition) is 4. The minimum atomic E-state index is -4.71. The fourth-order valence-electron chi connectivity index (χ4n) is 2.61. The van der Waals surface area contributed by atoms with Gasteiger partial charge in [-0.2, -0.15) is 23.0 Å². The van der Waals surface area contributed by atoms with Gasteiger partial charge in [-0.25, -0.2) is 14.2 Å². The van der Waals surface area contributed by atoms with E-state index in [0.717, 1.165) is 22.9 Å². The van der Waals surface area contributed by atoms with Crippen molar-refractivity contribution in [2.45, 2.75) is 26.1 Å². The molecule has 0 aliphatic rings. The Kier molecular flexibility index (Phi) is 4.17. The number of benzene rings is 1. The maximum Gasteiger partial charge on any atom is 0.449 e. The molecule has 26 heavy (non-hydrogen) atoms. The quantitative estimate of drug-likeness (QED) is 0.659. The molecule has 0 fully saturated rings. The Hall–Kier alpha value is -2.98. The first-order valence-corrected chi connectivity index (χ1v) is 7.58. The second-order valence-electron chi connectivity index (χ2n) is 5.61. The van der Waals surface area contributed by atoms with Gasteiger partial charge in [0.1, 0.15) is 11.9 Å². The molecule has 0 N–H and O–H groups in total. The van der Waals surface area contributed by atoms with Gasteiger partial charge in [-0.15, -0.1) is 0 Å². The highest BCUT2D eigenvalue weighted by atomic mass is 19.4. The molecule has 0 bridgehead atoms. The van der Waals surface area contributed by atoms with Gasteiger partial charge >= 0.3 is 11.9 Å². The molecule has 0 amide bonds. The Labute approximate surface area is 143 Å². The first kappa shape index (κ1) is 17.8. The lowest BCUT2D eigenvalue weighted by atomic mass is 10.2. The molecule has 2 aromatic heterocycles. The predicted octanol–water partition coefficient (Wildman–Crippen LogP) is 1.85. The summed E-state index contributed by atoms with van der Waals surface area (Å²) in [7, 11) is 1.18. The van der Waals surface area contributed by atoms with Crippen LogP contribution in [0.5, 0.6) is 0 Å². The molecular formula is C15H13F4N5O2. The fourth-order valence-corrected chi connectivity index (χ4v) is 2.61. The van der Waals surface area contributed by atoms with Crippen LogP contribution in [-0.4, -0.2) is 23.9 Å². The Balaban J connectivity index is 2.35. The van der Waals surface area contributed by atoms with E-state index in [2.05, 4.69) is 10.1 Å². The van der Waals surface area contributed by atoms with Crippen molar-refractivity contribution in [3.8, 4) is 5.69 Å². The molecule has 0 atom stereocenters. The summed E-state index contributed by atoms with van der Waals surface area (Å²) in [5.74, 6) is -2.13. The van der Waals surface area contributed by atoms with E-state index in [1.54, 1.807) is 6.92 Å². The van der Waals surface area contributed by atoms with Crippen LogP contribution in [-0.2, 0) is 19.8 Å².